The van der Waals surface area contributed by atoms with Crippen LogP contribution in [0.1, 0.15) is 0 Å². The highest BCUT2D eigenvalue weighted by atomic mass is 16.5. The van der Waals surface area contributed by atoms with Crippen LogP contribution in [-0.2, 0) is 0 Å². The average molecular weight is 265 g/mol. The summed E-state index contributed by atoms with van der Waals surface area (Å²) < 4.78 is 11.2. The second kappa shape index (κ2) is 6.06. The van der Waals surface area contributed by atoms with Crippen LogP contribution in [0.3, 0.4) is 0 Å². The van der Waals surface area contributed by atoms with Crippen LogP contribution in [0, 0.1) is 0 Å². The Balaban J connectivity index is 1.55. The maximum atomic E-state index is 5.60. The summed E-state index contributed by atoms with van der Waals surface area (Å²) in [5.41, 5.74) is 0.939. The van der Waals surface area contributed by atoms with Gasteiger partial charge in [-0.3, -0.25) is 0 Å². The van der Waals surface area contributed by atoms with Gasteiger partial charge >= 0.3 is 0 Å². The molecule has 1 heterocycles. The number of fused-ring (bicyclic) bond motifs is 1. The van der Waals surface area contributed by atoms with Crippen molar-refractivity contribution in [1.29, 1.82) is 0 Å². The Labute approximate surface area is 117 Å². The van der Waals surface area contributed by atoms with Gasteiger partial charge in [-0.2, -0.15) is 0 Å². The van der Waals surface area contributed by atoms with Crippen molar-refractivity contribution in [3.63, 3.8) is 0 Å². The zero-order chi connectivity index (χ0) is 13.6. The molecular weight excluding hydrogens is 250 g/mol. The molecule has 100 valence electrons. The van der Waals surface area contributed by atoms with Gasteiger partial charge in [-0.25, -0.2) is 4.98 Å². The molecule has 3 heteroatoms. The SMILES string of the molecule is c1ccc(OCCOc2ccc3ccccc3n2)cc1. The molecule has 0 aliphatic rings. The fraction of sp³-hybridized carbons (Fsp3) is 0.118. The Kier molecular flexibility index (Phi) is 3.78. The van der Waals surface area contributed by atoms with E-state index in [-0.39, 0.29) is 0 Å². The molecule has 20 heavy (non-hydrogen) atoms. The predicted octanol–water partition coefficient (Wildman–Crippen LogP) is 3.69. The first-order valence-electron chi connectivity index (χ1n) is 6.58. The van der Waals surface area contributed by atoms with E-state index in [0.29, 0.717) is 19.1 Å². The van der Waals surface area contributed by atoms with Crippen LogP contribution in [-0.4, -0.2) is 18.2 Å². The minimum atomic E-state index is 0.472. The van der Waals surface area contributed by atoms with E-state index < -0.39 is 0 Å². The summed E-state index contributed by atoms with van der Waals surface area (Å²) in [5, 5.41) is 1.11. The molecule has 3 nitrogen and oxygen atoms in total. The maximum absolute atomic E-state index is 5.60. The molecule has 1 aromatic heterocycles. The molecule has 0 fully saturated rings. The van der Waals surface area contributed by atoms with Crippen LogP contribution < -0.4 is 9.47 Å². The largest absolute Gasteiger partial charge is 0.490 e. The maximum Gasteiger partial charge on any atom is 0.213 e. The average Bonchev–Trinajstić information content (AvgIpc) is 2.52. The molecule has 0 amide bonds. The van der Waals surface area contributed by atoms with Gasteiger partial charge in [0.05, 0.1) is 5.52 Å². The molecular formula is C17H15NO2. The first-order chi connectivity index (χ1) is 9.92. The minimum Gasteiger partial charge on any atom is -0.490 e. The zero-order valence-electron chi connectivity index (χ0n) is 11.0. The monoisotopic (exact) mass is 265 g/mol. The van der Waals surface area contributed by atoms with Crippen molar-refractivity contribution in [3.05, 3.63) is 66.7 Å². The summed E-state index contributed by atoms with van der Waals surface area (Å²) in [4.78, 5) is 4.44. The molecule has 0 N–H and O–H groups in total. The van der Waals surface area contributed by atoms with Gasteiger partial charge < -0.3 is 9.47 Å². The number of rotatable bonds is 5. The number of hydrogen-bond acceptors (Lipinski definition) is 3. The second-order valence-electron chi connectivity index (χ2n) is 4.35. The van der Waals surface area contributed by atoms with Gasteiger partial charge in [0.15, 0.2) is 0 Å². The fourth-order valence-corrected chi connectivity index (χ4v) is 1.95. The Morgan fingerprint density at radius 3 is 2.35 bits per heavy atom. The van der Waals surface area contributed by atoms with Crippen LogP contribution in [0.25, 0.3) is 10.9 Å². The van der Waals surface area contributed by atoms with Crippen LogP contribution in [0.5, 0.6) is 11.6 Å². The quantitative estimate of drug-likeness (QED) is 0.659. The highest BCUT2D eigenvalue weighted by Gasteiger charge is 1.99. The van der Waals surface area contributed by atoms with Crippen molar-refractivity contribution >= 4 is 10.9 Å². The highest BCUT2D eigenvalue weighted by Crippen LogP contribution is 2.16. The number of benzene rings is 2. The third-order valence-electron chi connectivity index (χ3n) is 2.92. The lowest BCUT2D eigenvalue weighted by Crippen LogP contribution is -2.09. The van der Waals surface area contributed by atoms with Crippen molar-refractivity contribution in [2.75, 3.05) is 13.2 Å². The number of aromatic nitrogens is 1. The Morgan fingerprint density at radius 2 is 1.45 bits per heavy atom. The molecule has 0 aliphatic carbocycles. The van der Waals surface area contributed by atoms with Gasteiger partial charge in [0.2, 0.25) is 5.88 Å². The normalized spacial score (nSPS) is 10.4. The van der Waals surface area contributed by atoms with Gasteiger partial charge in [-0.1, -0.05) is 36.4 Å². The van der Waals surface area contributed by atoms with Gasteiger partial charge in [0.1, 0.15) is 19.0 Å². The summed E-state index contributed by atoms with van der Waals surface area (Å²) in [6.07, 6.45) is 0. The molecule has 0 bridgehead atoms. The number of hydrogen-bond donors (Lipinski definition) is 0. The van der Waals surface area contributed by atoms with E-state index in [4.69, 9.17) is 9.47 Å². The summed E-state index contributed by atoms with van der Waals surface area (Å²) in [7, 11) is 0. The topological polar surface area (TPSA) is 31.4 Å². The van der Waals surface area contributed by atoms with Crippen molar-refractivity contribution in [3.8, 4) is 11.6 Å². The van der Waals surface area contributed by atoms with Gasteiger partial charge in [0.25, 0.3) is 0 Å². The third-order valence-corrected chi connectivity index (χ3v) is 2.92. The first kappa shape index (κ1) is 12.5. The molecule has 0 unspecified atom stereocenters. The van der Waals surface area contributed by atoms with Crippen LogP contribution in [0.4, 0.5) is 0 Å². The van der Waals surface area contributed by atoms with E-state index in [1.54, 1.807) is 0 Å². The summed E-state index contributed by atoms with van der Waals surface area (Å²) in [5.74, 6) is 1.47. The molecule has 3 aromatic rings. The molecule has 0 saturated heterocycles. The van der Waals surface area contributed by atoms with E-state index >= 15 is 0 Å². The lowest BCUT2D eigenvalue weighted by Gasteiger charge is -2.08. The first-order valence-corrected chi connectivity index (χ1v) is 6.58. The number of ether oxygens (including phenoxy) is 2. The molecule has 3 rings (SSSR count). The zero-order valence-corrected chi connectivity index (χ0v) is 11.0. The Hall–Kier alpha value is -2.55. The number of pyridine rings is 1. The van der Waals surface area contributed by atoms with Crippen molar-refractivity contribution in [1.82, 2.24) is 4.98 Å². The smallest absolute Gasteiger partial charge is 0.213 e. The molecule has 0 spiro atoms. The van der Waals surface area contributed by atoms with E-state index in [1.165, 1.54) is 0 Å². The highest BCUT2D eigenvalue weighted by molar-refractivity contribution is 5.78. The van der Waals surface area contributed by atoms with Crippen molar-refractivity contribution in [2.45, 2.75) is 0 Å². The minimum absolute atomic E-state index is 0.472. The standard InChI is InChI=1S/C17H15NO2/c1-2-7-15(8-3-1)19-12-13-20-17-11-10-14-6-4-5-9-16(14)18-17/h1-11H,12-13H2. The van der Waals surface area contributed by atoms with Crippen LogP contribution >= 0.6 is 0 Å². The second-order valence-corrected chi connectivity index (χ2v) is 4.35. The lowest BCUT2D eigenvalue weighted by atomic mass is 10.2. The summed E-state index contributed by atoms with van der Waals surface area (Å²) in [6, 6.07) is 21.6. The van der Waals surface area contributed by atoms with E-state index in [1.807, 2.05) is 66.7 Å². The lowest BCUT2D eigenvalue weighted by molar-refractivity contribution is 0.212. The summed E-state index contributed by atoms with van der Waals surface area (Å²) >= 11 is 0. The van der Waals surface area contributed by atoms with Crippen LogP contribution in [0.2, 0.25) is 0 Å². The van der Waals surface area contributed by atoms with Crippen LogP contribution in [0.15, 0.2) is 66.7 Å². The van der Waals surface area contributed by atoms with E-state index in [9.17, 15) is 0 Å². The van der Waals surface area contributed by atoms with Gasteiger partial charge in [0, 0.05) is 11.5 Å². The third kappa shape index (κ3) is 3.06. The van der Waals surface area contributed by atoms with Crippen molar-refractivity contribution < 1.29 is 9.47 Å². The molecule has 0 radical (unpaired) electrons. The summed E-state index contributed by atoms with van der Waals surface area (Å²) in [6.45, 7) is 0.971. The predicted molar refractivity (Wildman–Crippen MR) is 79.2 cm³/mol. The van der Waals surface area contributed by atoms with Gasteiger partial charge in [-0.15, -0.1) is 0 Å². The number of nitrogens with zero attached hydrogens (tertiary/aromatic N) is 1. The molecule has 0 aliphatic heterocycles. The Bertz CT molecular complexity index is 683. The van der Waals surface area contributed by atoms with E-state index in [2.05, 4.69) is 4.98 Å². The number of para-hydroxylation sites is 2. The molecule has 0 saturated carbocycles. The van der Waals surface area contributed by atoms with E-state index in [0.717, 1.165) is 16.7 Å². The Morgan fingerprint density at radius 1 is 0.700 bits per heavy atom. The van der Waals surface area contributed by atoms with Crippen molar-refractivity contribution in [2.24, 2.45) is 0 Å². The fourth-order valence-electron chi connectivity index (χ4n) is 1.95. The molecule has 0 atom stereocenters. The van der Waals surface area contributed by atoms with Gasteiger partial charge in [-0.05, 0) is 24.3 Å². The molecule has 2 aromatic carbocycles.